The largest absolute Gasteiger partial charge is 0.480 e. The Morgan fingerprint density at radius 3 is 2.94 bits per heavy atom. The average Bonchev–Trinajstić information content (AvgIpc) is 2.56. The van der Waals surface area contributed by atoms with Gasteiger partial charge in [0.05, 0.1) is 5.69 Å². The molecule has 0 aliphatic carbocycles. The second kappa shape index (κ2) is 4.87. The predicted molar refractivity (Wildman–Crippen MR) is 63.9 cm³/mol. The number of rotatable bonds is 4. The van der Waals surface area contributed by atoms with E-state index in [4.69, 9.17) is 5.11 Å². The van der Waals surface area contributed by atoms with E-state index in [1.807, 2.05) is 0 Å². The minimum Gasteiger partial charge on any atom is -0.480 e. The van der Waals surface area contributed by atoms with Gasteiger partial charge in [-0.15, -0.1) is 0 Å². The van der Waals surface area contributed by atoms with Crippen LogP contribution in [0.2, 0.25) is 0 Å². The molecule has 94 valence electrons. The topological polar surface area (TPSA) is 58.4 Å². The number of aromatic nitrogens is 2. The lowest BCUT2D eigenvalue weighted by molar-refractivity contribution is -0.137. The Morgan fingerprint density at radius 1 is 1.53 bits per heavy atom. The van der Waals surface area contributed by atoms with Crippen molar-refractivity contribution in [2.24, 2.45) is 0 Å². The van der Waals surface area contributed by atoms with E-state index in [0.29, 0.717) is 0 Å². The van der Waals surface area contributed by atoms with Crippen molar-refractivity contribution in [3.8, 4) is 0 Å². The molecule has 2 heterocycles. The standard InChI is InChI=1S/C12H19N3O2/c1-3-4-10-9-7-14(2)6-5-11(9)15(13-10)8-12(16)17/h3-8H2,1-2H3,(H,16,17). The van der Waals surface area contributed by atoms with Gasteiger partial charge in [-0.05, 0) is 13.5 Å². The summed E-state index contributed by atoms with van der Waals surface area (Å²) >= 11 is 0. The second-order valence-electron chi connectivity index (χ2n) is 4.66. The van der Waals surface area contributed by atoms with E-state index in [-0.39, 0.29) is 6.54 Å². The van der Waals surface area contributed by atoms with E-state index in [1.165, 1.54) is 5.56 Å². The van der Waals surface area contributed by atoms with Gasteiger partial charge >= 0.3 is 5.97 Å². The summed E-state index contributed by atoms with van der Waals surface area (Å²) in [6, 6.07) is 0. The minimum atomic E-state index is -0.822. The van der Waals surface area contributed by atoms with Gasteiger partial charge in [0.25, 0.3) is 0 Å². The molecule has 0 atom stereocenters. The fourth-order valence-electron chi connectivity index (χ4n) is 2.39. The third-order valence-electron chi connectivity index (χ3n) is 3.18. The third kappa shape index (κ3) is 2.49. The van der Waals surface area contributed by atoms with Gasteiger partial charge in [0, 0.05) is 30.8 Å². The smallest absolute Gasteiger partial charge is 0.325 e. The van der Waals surface area contributed by atoms with Crippen molar-refractivity contribution >= 4 is 5.97 Å². The maximum Gasteiger partial charge on any atom is 0.325 e. The average molecular weight is 237 g/mol. The number of hydrogen-bond acceptors (Lipinski definition) is 3. The summed E-state index contributed by atoms with van der Waals surface area (Å²) in [6.45, 7) is 3.97. The molecule has 0 saturated heterocycles. The third-order valence-corrected chi connectivity index (χ3v) is 3.18. The lowest BCUT2D eigenvalue weighted by Gasteiger charge is -2.23. The van der Waals surface area contributed by atoms with Crippen molar-refractivity contribution in [1.82, 2.24) is 14.7 Å². The lowest BCUT2D eigenvalue weighted by Crippen LogP contribution is -2.28. The summed E-state index contributed by atoms with van der Waals surface area (Å²) in [5.41, 5.74) is 3.45. The number of carbonyl (C=O) groups is 1. The fourth-order valence-corrected chi connectivity index (χ4v) is 2.39. The minimum absolute atomic E-state index is 0.0181. The molecule has 5 heteroatoms. The van der Waals surface area contributed by atoms with E-state index < -0.39 is 5.97 Å². The molecule has 1 aliphatic rings. The molecule has 1 aromatic rings. The van der Waals surface area contributed by atoms with Crippen molar-refractivity contribution < 1.29 is 9.90 Å². The molecule has 0 bridgehead atoms. The molecule has 0 fully saturated rings. The SMILES string of the molecule is CCCc1nn(CC(=O)O)c2c1CN(C)CC2. The van der Waals surface area contributed by atoms with E-state index >= 15 is 0 Å². The molecule has 1 aromatic heterocycles. The zero-order valence-corrected chi connectivity index (χ0v) is 10.4. The normalized spacial score (nSPS) is 15.9. The zero-order chi connectivity index (χ0) is 12.4. The Hall–Kier alpha value is -1.36. The lowest BCUT2D eigenvalue weighted by atomic mass is 10.0. The molecule has 0 unspecified atom stereocenters. The maximum atomic E-state index is 10.8. The van der Waals surface area contributed by atoms with Crippen LogP contribution in [0, 0.1) is 0 Å². The van der Waals surface area contributed by atoms with Crippen molar-refractivity contribution in [2.75, 3.05) is 13.6 Å². The molecule has 0 aromatic carbocycles. The zero-order valence-electron chi connectivity index (χ0n) is 10.4. The second-order valence-corrected chi connectivity index (χ2v) is 4.66. The van der Waals surface area contributed by atoms with E-state index in [0.717, 1.165) is 43.7 Å². The Labute approximate surface area is 101 Å². The van der Waals surface area contributed by atoms with Crippen molar-refractivity contribution in [2.45, 2.75) is 39.3 Å². The van der Waals surface area contributed by atoms with Gasteiger partial charge in [0.15, 0.2) is 0 Å². The van der Waals surface area contributed by atoms with Crippen LogP contribution in [0.3, 0.4) is 0 Å². The first-order chi connectivity index (χ1) is 8.11. The summed E-state index contributed by atoms with van der Waals surface area (Å²) in [5.74, 6) is -0.822. The van der Waals surface area contributed by atoms with Crippen LogP contribution in [0.1, 0.15) is 30.3 Å². The quantitative estimate of drug-likeness (QED) is 0.845. The Bertz CT molecular complexity index is 426. The van der Waals surface area contributed by atoms with Crippen LogP contribution < -0.4 is 0 Å². The van der Waals surface area contributed by atoms with Gasteiger partial charge in [0.1, 0.15) is 6.54 Å². The number of likely N-dealkylation sites (N-methyl/N-ethyl adjacent to an activating group) is 1. The summed E-state index contributed by atoms with van der Waals surface area (Å²) < 4.78 is 1.68. The van der Waals surface area contributed by atoms with Crippen LogP contribution >= 0.6 is 0 Å². The number of hydrogen-bond donors (Lipinski definition) is 1. The van der Waals surface area contributed by atoms with Gasteiger partial charge in [0.2, 0.25) is 0 Å². The van der Waals surface area contributed by atoms with E-state index in [1.54, 1.807) is 4.68 Å². The highest BCUT2D eigenvalue weighted by atomic mass is 16.4. The summed E-state index contributed by atoms with van der Waals surface area (Å²) in [6.07, 6.45) is 2.87. The number of aryl methyl sites for hydroxylation is 1. The molecular weight excluding hydrogens is 218 g/mol. The van der Waals surface area contributed by atoms with Crippen molar-refractivity contribution in [3.63, 3.8) is 0 Å². The Morgan fingerprint density at radius 2 is 2.29 bits per heavy atom. The molecule has 2 rings (SSSR count). The van der Waals surface area contributed by atoms with E-state index in [9.17, 15) is 4.79 Å². The van der Waals surface area contributed by atoms with Crippen molar-refractivity contribution in [3.05, 3.63) is 17.0 Å². The van der Waals surface area contributed by atoms with E-state index in [2.05, 4.69) is 24.0 Å². The van der Waals surface area contributed by atoms with Crippen LogP contribution in [0.25, 0.3) is 0 Å². The Balaban J connectivity index is 2.34. The summed E-state index contributed by atoms with van der Waals surface area (Å²) in [5, 5.41) is 13.4. The molecule has 0 amide bonds. The number of fused-ring (bicyclic) bond motifs is 1. The van der Waals surface area contributed by atoms with Crippen LogP contribution in [0.5, 0.6) is 0 Å². The van der Waals surface area contributed by atoms with Gasteiger partial charge in [-0.3, -0.25) is 9.48 Å². The number of carboxylic acids is 1. The van der Waals surface area contributed by atoms with Crippen LogP contribution in [-0.2, 0) is 30.7 Å². The summed E-state index contributed by atoms with van der Waals surface area (Å²) in [7, 11) is 2.09. The van der Waals surface area contributed by atoms with Gasteiger partial charge in [-0.2, -0.15) is 5.10 Å². The molecule has 5 nitrogen and oxygen atoms in total. The highest BCUT2D eigenvalue weighted by Crippen LogP contribution is 2.22. The van der Waals surface area contributed by atoms with Crippen LogP contribution in [0.4, 0.5) is 0 Å². The molecular formula is C12H19N3O2. The monoisotopic (exact) mass is 237 g/mol. The number of carboxylic acid groups (broad SMARTS) is 1. The first-order valence-corrected chi connectivity index (χ1v) is 6.09. The maximum absolute atomic E-state index is 10.8. The van der Waals surface area contributed by atoms with Crippen LogP contribution in [-0.4, -0.2) is 39.3 Å². The Kier molecular flexibility index (Phi) is 3.47. The fraction of sp³-hybridized carbons (Fsp3) is 0.667. The number of aliphatic carboxylic acids is 1. The van der Waals surface area contributed by atoms with Gasteiger partial charge in [-0.1, -0.05) is 13.3 Å². The summed E-state index contributed by atoms with van der Waals surface area (Å²) in [4.78, 5) is 13.1. The highest BCUT2D eigenvalue weighted by molar-refractivity contribution is 5.66. The highest BCUT2D eigenvalue weighted by Gasteiger charge is 2.23. The molecule has 0 saturated carbocycles. The molecule has 1 aliphatic heterocycles. The molecule has 17 heavy (non-hydrogen) atoms. The molecule has 0 radical (unpaired) electrons. The van der Waals surface area contributed by atoms with Gasteiger partial charge in [-0.25, -0.2) is 0 Å². The number of nitrogens with zero attached hydrogens (tertiary/aromatic N) is 3. The first kappa shape index (κ1) is 12.1. The van der Waals surface area contributed by atoms with Crippen molar-refractivity contribution in [1.29, 1.82) is 0 Å². The first-order valence-electron chi connectivity index (χ1n) is 6.09. The predicted octanol–water partition coefficient (Wildman–Crippen LogP) is 0.908. The molecule has 1 N–H and O–H groups in total. The van der Waals surface area contributed by atoms with Gasteiger partial charge < -0.3 is 10.0 Å². The molecule has 0 spiro atoms. The van der Waals surface area contributed by atoms with Crippen LogP contribution in [0.15, 0.2) is 0 Å².